The molecule has 6 N–H and O–H groups in total. The van der Waals surface area contributed by atoms with Crippen molar-refractivity contribution in [1.29, 1.82) is 0 Å². The van der Waals surface area contributed by atoms with Crippen LogP contribution in [0.1, 0.15) is 6.42 Å². The van der Waals surface area contributed by atoms with Crippen LogP contribution in [0.15, 0.2) is 0 Å². The molecule has 0 aliphatic heterocycles. The topological polar surface area (TPSA) is 141 Å². The molecule has 100 valence electrons. The van der Waals surface area contributed by atoms with Gasteiger partial charge in [0.05, 0.1) is 6.10 Å². The minimum absolute atomic E-state index is 0.0818. The van der Waals surface area contributed by atoms with E-state index in [1.54, 1.807) is 0 Å². The lowest BCUT2D eigenvalue weighted by Gasteiger charge is -2.19. The number of aliphatic hydroxyl groups excluding tert-OH is 3. The molecule has 0 spiro atoms. The fourth-order valence-electron chi connectivity index (χ4n) is 0.945. The maximum atomic E-state index is 10.4. The zero-order valence-corrected chi connectivity index (χ0v) is 9.92. The van der Waals surface area contributed by atoms with Crippen molar-refractivity contribution < 1.29 is 30.0 Å². The summed E-state index contributed by atoms with van der Waals surface area (Å²) in [6.45, 7) is 0. The first kappa shape index (κ1) is 16.3. The van der Waals surface area contributed by atoms with Gasteiger partial charge in [-0.2, -0.15) is 11.8 Å². The Bertz CT molecular complexity index is 252. The van der Waals surface area contributed by atoms with E-state index in [1.807, 2.05) is 0 Å². The molecule has 0 aliphatic carbocycles. The van der Waals surface area contributed by atoms with Gasteiger partial charge in [0.2, 0.25) is 0 Å². The molecule has 0 saturated heterocycles. The van der Waals surface area contributed by atoms with Crippen LogP contribution in [0, 0.1) is 0 Å². The number of aldehydes is 1. The Morgan fingerprint density at radius 1 is 1.35 bits per heavy atom. The number of thioether (sulfide) groups is 1. The van der Waals surface area contributed by atoms with Crippen molar-refractivity contribution in [1.82, 2.24) is 0 Å². The molecule has 0 aromatic rings. The molecule has 0 saturated carbocycles. The van der Waals surface area contributed by atoms with Crippen molar-refractivity contribution in [2.45, 2.75) is 30.8 Å². The van der Waals surface area contributed by atoms with Gasteiger partial charge in [-0.3, -0.25) is 4.79 Å². The fraction of sp³-hybridized carbons (Fsp3) is 0.778. The summed E-state index contributed by atoms with van der Waals surface area (Å²) in [5.41, 5.74) is 5.25. The van der Waals surface area contributed by atoms with E-state index in [0.29, 0.717) is 5.75 Å². The van der Waals surface area contributed by atoms with Gasteiger partial charge in [-0.05, 0) is 12.2 Å². The number of rotatable bonds is 9. The normalized spacial score (nSPS) is 18.1. The smallest absolute Gasteiger partial charge is 0.320 e. The number of aliphatic hydroxyl groups is 3. The van der Waals surface area contributed by atoms with E-state index in [4.69, 9.17) is 15.9 Å². The highest BCUT2D eigenvalue weighted by molar-refractivity contribution is 7.99. The van der Waals surface area contributed by atoms with Crippen LogP contribution in [-0.4, -0.2) is 68.5 Å². The summed E-state index contributed by atoms with van der Waals surface area (Å²) in [6, 6.07) is -0.954. The summed E-state index contributed by atoms with van der Waals surface area (Å²) in [5.74, 6) is -0.616. The van der Waals surface area contributed by atoms with Gasteiger partial charge in [0, 0.05) is 5.75 Å². The van der Waals surface area contributed by atoms with Crippen LogP contribution < -0.4 is 5.73 Å². The number of carboxylic acid groups (broad SMARTS) is 1. The SMILES string of the molecule is NC(CCSCC(O)C(O)C(O)C=O)C(=O)O. The maximum absolute atomic E-state index is 10.4. The molecule has 0 radical (unpaired) electrons. The highest BCUT2D eigenvalue weighted by Crippen LogP contribution is 2.10. The Labute approximate surface area is 103 Å². The van der Waals surface area contributed by atoms with Gasteiger partial charge in [0.15, 0.2) is 6.29 Å². The predicted molar refractivity (Wildman–Crippen MR) is 61.6 cm³/mol. The van der Waals surface area contributed by atoms with E-state index >= 15 is 0 Å². The Morgan fingerprint density at radius 3 is 2.41 bits per heavy atom. The molecule has 0 fully saturated rings. The number of hydrogen-bond acceptors (Lipinski definition) is 7. The summed E-state index contributed by atoms with van der Waals surface area (Å²) >= 11 is 1.18. The first-order chi connectivity index (χ1) is 7.90. The number of nitrogens with two attached hydrogens (primary N) is 1. The van der Waals surface area contributed by atoms with Crippen LogP contribution in [0.3, 0.4) is 0 Å². The van der Waals surface area contributed by atoms with Crippen molar-refractivity contribution in [2.24, 2.45) is 5.73 Å². The van der Waals surface area contributed by atoms with Crippen LogP contribution in [0.2, 0.25) is 0 Å². The summed E-state index contributed by atoms with van der Waals surface area (Å²) in [7, 11) is 0. The minimum atomic E-state index is -1.62. The second-order valence-electron chi connectivity index (χ2n) is 3.49. The molecule has 0 rings (SSSR count). The molecule has 0 aliphatic rings. The lowest BCUT2D eigenvalue weighted by Crippen LogP contribution is -2.39. The van der Waals surface area contributed by atoms with Crippen molar-refractivity contribution in [3.63, 3.8) is 0 Å². The van der Waals surface area contributed by atoms with E-state index in [1.165, 1.54) is 11.8 Å². The van der Waals surface area contributed by atoms with E-state index in [-0.39, 0.29) is 18.5 Å². The Morgan fingerprint density at radius 2 is 1.94 bits per heavy atom. The quantitative estimate of drug-likeness (QED) is 0.234. The van der Waals surface area contributed by atoms with E-state index in [9.17, 15) is 19.8 Å². The third-order valence-electron chi connectivity index (χ3n) is 2.06. The zero-order valence-electron chi connectivity index (χ0n) is 9.10. The summed E-state index contributed by atoms with van der Waals surface area (Å²) < 4.78 is 0. The molecule has 0 aromatic carbocycles. The van der Waals surface area contributed by atoms with Crippen LogP contribution in [-0.2, 0) is 9.59 Å². The third kappa shape index (κ3) is 6.59. The first-order valence-corrected chi connectivity index (χ1v) is 6.11. The van der Waals surface area contributed by atoms with Crippen LogP contribution in [0.5, 0.6) is 0 Å². The van der Waals surface area contributed by atoms with E-state index < -0.39 is 30.3 Å². The molecule has 4 unspecified atom stereocenters. The molecule has 0 bridgehead atoms. The molecular formula is C9H17NO6S. The fourth-order valence-corrected chi connectivity index (χ4v) is 1.97. The molecule has 7 nitrogen and oxygen atoms in total. The van der Waals surface area contributed by atoms with Crippen molar-refractivity contribution in [3.8, 4) is 0 Å². The highest BCUT2D eigenvalue weighted by Gasteiger charge is 2.24. The molecule has 17 heavy (non-hydrogen) atoms. The molecule has 0 heterocycles. The van der Waals surface area contributed by atoms with Gasteiger partial charge in [-0.25, -0.2) is 0 Å². The van der Waals surface area contributed by atoms with Crippen molar-refractivity contribution in [3.05, 3.63) is 0 Å². The number of carboxylic acids is 1. The highest BCUT2D eigenvalue weighted by atomic mass is 32.2. The van der Waals surface area contributed by atoms with Crippen molar-refractivity contribution >= 4 is 24.0 Å². The van der Waals surface area contributed by atoms with Gasteiger partial charge in [-0.15, -0.1) is 0 Å². The molecular weight excluding hydrogens is 250 g/mol. The zero-order chi connectivity index (χ0) is 13.4. The molecule has 4 atom stereocenters. The second-order valence-corrected chi connectivity index (χ2v) is 4.64. The molecule has 0 aromatic heterocycles. The maximum Gasteiger partial charge on any atom is 0.320 e. The summed E-state index contributed by atoms with van der Waals surface area (Å²) in [6.07, 6.45) is -4.03. The molecule has 8 heteroatoms. The first-order valence-electron chi connectivity index (χ1n) is 4.95. The average molecular weight is 267 g/mol. The van der Waals surface area contributed by atoms with Crippen molar-refractivity contribution in [2.75, 3.05) is 11.5 Å². The lowest BCUT2D eigenvalue weighted by molar-refractivity contribution is -0.138. The minimum Gasteiger partial charge on any atom is -0.480 e. The Hall–Kier alpha value is -0.670. The number of carbonyl (C=O) groups excluding carboxylic acids is 1. The van der Waals surface area contributed by atoms with Gasteiger partial charge in [0.25, 0.3) is 0 Å². The van der Waals surface area contributed by atoms with Crippen LogP contribution in [0.4, 0.5) is 0 Å². The number of aliphatic carboxylic acids is 1. The second kappa shape index (κ2) is 8.43. The summed E-state index contributed by atoms with van der Waals surface area (Å²) in [4.78, 5) is 20.5. The largest absolute Gasteiger partial charge is 0.480 e. The van der Waals surface area contributed by atoms with Gasteiger partial charge >= 0.3 is 5.97 Å². The van der Waals surface area contributed by atoms with Crippen LogP contribution in [0.25, 0.3) is 0 Å². The van der Waals surface area contributed by atoms with Gasteiger partial charge in [0.1, 0.15) is 18.2 Å². The molecule has 0 amide bonds. The van der Waals surface area contributed by atoms with E-state index in [2.05, 4.69) is 0 Å². The number of carbonyl (C=O) groups is 2. The van der Waals surface area contributed by atoms with Crippen LogP contribution >= 0.6 is 11.8 Å². The van der Waals surface area contributed by atoms with E-state index in [0.717, 1.165) is 0 Å². The Kier molecular flexibility index (Phi) is 8.09. The van der Waals surface area contributed by atoms with Gasteiger partial charge < -0.3 is 31.0 Å². The average Bonchev–Trinajstić information content (AvgIpc) is 2.31. The van der Waals surface area contributed by atoms with Gasteiger partial charge in [-0.1, -0.05) is 0 Å². The lowest BCUT2D eigenvalue weighted by atomic mass is 10.1. The standard InChI is InChI=1S/C9H17NO6S/c10-5(9(15)16)1-2-17-4-7(13)8(14)6(12)3-11/h3,5-8,12-14H,1-2,4,10H2,(H,15,16). The predicted octanol–water partition coefficient (Wildman–Crippen LogP) is -2.20. The number of hydrogen-bond donors (Lipinski definition) is 5. The summed E-state index contributed by atoms with van der Waals surface area (Å²) in [5, 5.41) is 36.0. The monoisotopic (exact) mass is 267 g/mol. The Balaban J connectivity index is 3.74. The third-order valence-corrected chi connectivity index (χ3v) is 3.16.